The molecule has 2 unspecified atom stereocenters. The van der Waals surface area contributed by atoms with Crippen molar-refractivity contribution < 1.29 is 4.79 Å². The molecule has 1 amide bonds. The quantitative estimate of drug-likeness (QED) is 0.677. The second-order valence-electron chi connectivity index (χ2n) is 5.59. The summed E-state index contributed by atoms with van der Waals surface area (Å²) in [5.74, 6) is 0.757. The van der Waals surface area contributed by atoms with E-state index in [9.17, 15) is 4.79 Å². The van der Waals surface area contributed by atoms with Crippen LogP contribution in [0.25, 0.3) is 0 Å². The third-order valence-electron chi connectivity index (χ3n) is 4.38. The van der Waals surface area contributed by atoms with Gasteiger partial charge in [0.15, 0.2) is 0 Å². The second kappa shape index (κ2) is 4.74. The van der Waals surface area contributed by atoms with Crippen molar-refractivity contribution in [3.8, 4) is 0 Å². The van der Waals surface area contributed by atoms with E-state index < -0.39 is 0 Å². The lowest BCUT2D eigenvalue weighted by Gasteiger charge is -2.43. The van der Waals surface area contributed by atoms with E-state index in [1.54, 1.807) is 0 Å². The maximum Gasteiger partial charge on any atom is 0.225 e. The van der Waals surface area contributed by atoms with Crippen molar-refractivity contribution in [2.24, 2.45) is 5.92 Å². The molecule has 1 saturated carbocycles. The molecule has 2 aliphatic rings. The Morgan fingerprint density at radius 1 is 1.06 bits per heavy atom. The highest BCUT2D eigenvalue weighted by Gasteiger charge is 2.33. The molecule has 16 heavy (non-hydrogen) atoms. The molecule has 1 aliphatic carbocycles. The van der Waals surface area contributed by atoms with E-state index in [1.807, 2.05) is 0 Å². The van der Waals surface area contributed by atoms with E-state index in [2.05, 4.69) is 30.7 Å². The minimum Gasteiger partial charge on any atom is -0.339 e. The van der Waals surface area contributed by atoms with Gasteiger partial charge in [-0.1, -0.05) is 12.8 Å². The predicted molar refractivity (Wildman–Crippen MR) is 65.2 cm³/mol. The summed E-state index contributed by atoms with van der Waals surface area (Å²) in [5.41, 5.74) is 0. The Hall–Kier alpha value is -0.570. The SMILES string of the molecule is CC1CN(C(=O)C2CCCC2)CC(C)N1C. The zero-order valence-corrected chi connectivity index (χ0v) is 10.8. The van der Waals surface area contributed by atoms with Crippen molar-refractivity contribution in [1.82, 2.24) is 9.80 Å². The van der Waals surface area contributed by atoms with Crippen LogP contribution >= 0.6 is 0 Å². The van der Waals surface area contributed by atoms with Crippen LogP contribution in [-0.4, -0.2) is 47.9 Å². The van der Waals surface area contributed by atoms with Crippen LogP contribution in [0.15, 0.2) is 0 Å². The normalized spacial score (nSPS) is 33.3. The fourth-order valence-corrected chi connectivity index (χ4v) is 3.02. The molecule has 92 valence electrons. The molecular formula is C13H24N2O. The van der Waals surface area contributed by atoms with Crippen molar-refractivity contribution in [3.05, 3.63) is 0 Å². The summed E-state index contributed by atoms with van der Waals surface area (Å²) >= 11 is 0. The minimum absolute atomic E-state index is 0.336. The summed E-state index contributed by atoms with van der Waals surface area (Å²) in [7, 11) is 2.16. The molecule has 1 heterocycles. The van der Waals surface area contributed by atoms with Gasteiger partial charge < -0.3 is 4.90 Å². The monoisotopic (exact) mass is 224 g/mol. The van der Waals surface area contributed by atoms with Crippen LogP contribution in [-0.2, 0) is 4.79 Å². The van der Waals surface area contributed by atoms with E-state index >= 15 is 0 Å². The topological polar surface area (TPSA) is 23.6 Å². The van der Waals surface area contributed by atoms with Crippen molar-refractivity contribution in [2.45, 2.75) is 51.6 Å². The average molecular weight is 224 g/mol. The molecule has 2 fully saturated rings. The van der Waals surface area contributed by atoms with E-state index in [0.29, 0.717) is 23.9 Å². The summed E-state index contributed by atoms with van der Waals surface area (Å²) in [4.78, 5) is 16.8. The smallest absolute Gasteiger partial charge is 0.225 e. The first-order valence-electron chi connectivity index (χ1n) is 6.60. The molecule has 3 nitrogen and oxygen atoms in total. The highest BCUT2D eigenvalue weighted by Crippen LogP contribution is 2.27. The van der Waals surface area contributed by atoms with Gasteiger partial charge in [0, 0.05) is 31.1 Å². The number of nitrogens with zero attached hydrogens (tertiary/aromatic N) is 2. The summed E-state index contributed by atoms with van der Waals surface area (Å²) < 4.78 is 0. The zero-order valence-electron chi connectivity index (χ0n) is 10.8. The molecule has 1 aliphatic heterocycles. The van der Waals surface area contributed by atoms with Crippen LogP contribution < -0.4 is 0 Å². The summed E-state index contributed by atoms with van der Waals surface area (Å²) in [6, 6.07) is 0.989. The number of hydrogen-bond acceptors (Lipinski definition) is 2. The number of piperazine rings is 1. The Balaban J connectivity index is 1.96. The molecule has 0 N–H and O–H groups in total. The third kappa shape index (κ3) is 2.24. The molecule has 0 spiro atoms. The molecule has 2 rings (SSSR count). The largest absolute Gasteiger partial charge is 0.339 e. The Bertz CT molecular complexity index is 249. The Labute approximate surface area is 98.8 Å². The van der Waals surface area contributed by atoms with Gasteiger partial charge in [0.2, 0.25) is 5.91 Å². The fraction of sp³-hybridized carbons (Fsp3) is 0.923. The number of likely N-dealkylation sites (N-methyl/N-ethyl adjacent to an activating group) is 1. The van der Waals surface area contributed by atoms with Gasteiger partial charge >= 0.3 is 0 Å². The zero-order chi connectivity index (χ0) is 11.7. The van der Waals surface area contributed by atoms with Gasteiger partial charge in [-0.05, 0) is 33.7 Å². The van der Waals surface area contributed by atoms with Gasteiger partial charge in [-0.3, -0.25) is 9.69 Å². The Morgan fingerprint density at radius 2 is 1.56 bits per heavy atom. The van der Waals surface area contributed by atoms with Crippen molar-refractivity contribution in [2.75, 3.05) is 20.1 Å². The summed E-state index contributed by atoms with van der Waals surface area (Å²) in [6.45, 7) is 6.25. The fourth-order valence-electron chi connectivity index (χ4n) is 3.02. The predicted octanol–water partition coefficient (Wildman–Crippen LogP) is 1.73. The molecule has 3 heteroatoms. The minimum atomic E-state index is 0.336. The molecule has 0 aromatic carbocycles. The molecule has 0 radical (unpaired) electrons. The Kier molecular flexibility index (Phi) is 3.53. The van der Waals surface area contributed by atoms with E-state index in [0.717, 1.165) is 25.9 Å². The van der Waals surface area contributed by atoms with Gasteiger partial charge in [0.1, 0.15) is 0 Å². The molecule has 1 saturated heterocycles. The van der Waals surface area contributed by atoms with Crippen LogP contribution in [0.1, 0.15) is 39.5 Å². The van der Waals surface area contributed by atoms with Gasteiger partial charge in [-0.2, -0.15) is 0 Å². The molecule has 0 bridgehead atoms. The van der Waals surface area contributed by atoms with Gasteiger partial charge in [0.05, 0.1) is 0 Å². The maximum atomic E-state index is 12.3. The lowest BCUT2D eigenvalue weighted by atomic mass is 10.0. The molecule has 2 atom stereocenters. The average Bonchev–Trinajstić information content (AvgIpc) is 2.77. The number of amides is 1. The van der Waals surface area contributed by atoms with E-state index in [4.69, 9.17) is 0 Å². The first-order chi connectivity index (χ1) is 7.59. The summed E-state index contributed by atoms with van der Waals surface area (Å²) in [5, 5.41) is 0. The molecule has 0 aromatic rings. The van der Waals surface area contributed by atoms with E-state index in [-0.39, 0.29) is 0 Å². The highest BCUT2D eigenvalue weighted by molar-refractivity contribution is 5.79. The number of carbonyl (C=O) groups is 1. The van der Waals surface area contributed by atoms with Crippen molar-refractivity contribution >= 4 is 5.91 Å². The standard InChI is InChI=1S/C13H24N2O/c1-10-8-15(9-11(2)14(10)3)13(16)12-6-4-5-7-12/h10-12H,4-9H2,1-3H3. The number of rotatable bonds is 1. The lowest BCUT2D eigenvalue weighted by molar-refractivity contribution is -0.139. The molecular weight excluding hydrogens is 200 g/mol. The second-order valence-corrected chi connectivity index (χ2v) is 5.59. The maximum absolute atomic E-state index is 12.3. The van der Waals surface area contributed by atoms with Crippen LogP contribution in [0.3, 0.4) is 0 Å². The highest BCUT2D eigenvalue weighted by atomic mass is 16.2. The number of hydrogen-bond donors (Lipinski definition) is 0. The van der Waals surface area contributed by atoms with Crippen LogP contribution in [0.5, 0.6) is 0 Å². The third-order valence-corrected chi connectivity index (χ3v) is 4.38. The summed E-state index contributed by atoms with van der Waals surface area (Å²) in [6.07, 6.45) is 4.73. The van der Waals surface area contributed by atoms with Gasteiger partial charge in [-0.25, -0.2) is 0 Å². The van der Waals surface area contributed by atoms with E-state index in [1.165, 1.54) is 12.8 Å². The van der Waals surface area contributed by atoms with Gasteiger partial charge in [0.25, 0.3) is 0 Å². The van der Waals surface area contributed by atoms with Gasteiger partial charge in [-0.15, -0.1) is 0 Å². The van der Waals surface area contributed by atoms with Crippen LogP contribution in [0.4, 0.5) is 0 Å². The first kappa shape index (κ1) is 11.9. The van der Waals surface area contributed by atoms with Crippen molar-refractivity contribution in [1.29, 1.82) is 0 Å². The Morgan fingerprint density at radius 3 is 2.06 bits per heavy atom. The van der Waals surface area contributed by atoms with Crippen LogP contribution in [0.2, 0.25) is 0 Å². The lowest BCUT2D eigenvalue weighted by Crippen LogP contribution is -2.57. The molecule has 0 aromatic heterocycles. The van der Waals surface area contributed by atoms with Crippen molar-refractivity contribution in [3.63, 3.8) is 0 Å². The first-order valence-corrected chi connectivity index (χ1v) is 6.60. The van der Waals surface area contributed by atoms with Crippen LogP contribution in [0, 0.1) is 5.92 Å². The number of carbonyl (C=O) groups excluding carboxylic acids is 1.